The van der Waals surface area contributed by atoms with Crippen LogP contribution in [-0.2, 0) is 19.4 Å². The number of nitriles is 1. The summed E-state index contributed by atoms with van der Waals surface area (Å²) >= 11 is 1.72. The lowest BCUT2D eigenvalue weighted by atomic mass is 9.72. The molecule has 4 heteroatoms. The van der Waals surface area contributed by atoms with Gasteiger partial charge in [0.15, 0.2) is 0 Å². The third-order valence-electron chi connectivity index (χ3n) is 7.36. The van der Waals surface area contributed by atoms with Crippen molar-refractivity contribution >= 4 is 33.5 Å². The minimum absolute atomic E-state index is 0.287. The van der Waals surface area contributed by atoms with Crippen LogP contribution in [0.25, 0.3) is 10.9 Å². The Labute approximate surface area is 206 Å². The Morgan fingerprint density at radius 1 is 1.12 bits per heavy atom. The van der Waals surface area contributed by atoms with Crippen LogP contribution in [0.4, 0.5) is 5.00 Å². The molecule has 1 aliphatic rings. The van der Waals surface area contributed by atoms with Crippen LogP contribution in [0.3, 0.4) is 0 Å². The van der Waals surface area contributed by atoms with Crippen molar-refractivity contribution in [1.82, 2.24) is 4.57 Å². The first-order valence-electron chi connectivity index (χ1n) is 12.1. The molecule has 0 fully saturated rings. The molecule has 0 aliphatic heterocycles. The van der Waals surface area contributed by atoms with E-state index in [0.29, 0.717) is 5.92 Å². The van der Waals surface area contributed by atoms with Crippen molar-refractivity contribution in [2.24, 2.45) is 16.3 Å². The predicted octanol–water partition coefficient (Wildman–Crippen LogP) is 7.83. The first kappa shape index (κ1) is 22.6. The van der Waals surface area contributed by atoms with Crippen LogP contribution in [0, 0.1) is 29.6 Å². The summed E-state index contributed by atoms with van der Waals surface area (Å²) in [5.41, 5.74) is 7.13. The van der Waals surface area contributed by atoms with Crippen molar-refractivity contribution in [3.63, 3.8) is 0 Å². The van der Waals surface area contributed by atoms with Gasteiger partial charge in [0.05, 0.1) is 5.56 Å². The van der Waals surface area contributed by atoms with E-state index in [4.69, 9.17) is 4.99 Å². The standard InChI is InChI=1S/C30H31N3S/c1-20-26(23-12-8-9-13-27(23)33(20)19-21-10-6-5-7-11-21)18-32-29-25(17-31)24-15-14-22(30(2,3)4)16-28(24)34-29/h5-13,18,22H,14-16,19H2,1-4H3/t22-/m1/s1. The van der Waals surface area contributed by atoms with Crippen molar-refractivity contribution < 1.29 is 0 Å². The molecule has 3 nitrogen and oxygen atoms in total. The minimum atomic E-state index is 0.287. The Hall–Kier alpha value is -3.16. The Kier molecular flexibility index (Phi) is 5.91. The summed E-state index contributed by atoms with van der Waals surface area (Å²) < 4.78 is 2.37. The van der Waals surface area contributed by atoms with E-state index < -0.39 is 0 Å². The van der Waals surface area contributed by atoms with E-state index in [0.717, 1.165) is 41.9 Å². The summed E-state index contributed by atoms with van der Waals surface area (Å²) in [6, 6.07) is 21.6. The largest absolute Gasteiger partial charge is 0.340 e. The molecular formula is C30H31N3S. The summed E-state index contributed by atoms with van der Waals surface area (Å²) in [6.07, 6.45) is 5.18. The van der Waals surface area contributed by atoms with E-state index >= 15 is 0 Å². The molecule has 1 aliphatic carbocycles. The Bertz CT molecular complexity index is 1410. The molecule has 2 heterocycles. The van der Waals surface area contributed by atoms with E-state index in [-0.39, 0.29) is 5.41 Å². The van der Waals surface area contributed by atoms with Crippen LogP contribution in [0.5, 0.6) is 0 Å². The lowest BCUT2D eigenvalue weighted by Crippen LogP contribution is -2.26. The molecule has 0 amide bonds. The lowest BCUT2D eigenvalue weighted by Gasteiger charge is -2.33. The molecule has 0 bridgehead atoms. The van der Waals surface area contributed by atoms with Crippen LogP contribution in [0.15, 0.2) is 59.6 Å². The van der Waals surface area contributed by atoms with Crippen molar-refractivity contribution in [3.05, 3.63) is 87.4 Å². The van der Waals surface area contributed by atoms with Crippen molar-refractivity contribution in [2.75, 3.05) is 0 Å². The highest BCUT2D eigenvalue weighted by molar-refractivity contribution is 7.16. The van der Waals surface area contributed by atoms with Crippen molar-refractivity contribution in [1.29, 1.82) is 5.26 Å². The van der Waals surface area contributed by atoms with E-state index in [1.54, 1.807) is 11.3 Å². The molecule has 34 heavy (non-hydrogen) atoms. The smallest absolute Gasteiger partial charge is 0.134 e. The molecule has 0 spiro atoms. The average molecular weight is 466 g/mol. The summed E-state index contributed by atoms with van der Waals surface area (Å²) in [5, 5.41) is 12.0. The van der Waals surface area contributed by atoms with Crippen molar-refractivity contribution in [2.45, 2.75) is 53.5 Å². The second-order valence-corrected chi connectivity index (χ2v) is 11.5. The number of fused-ring (bicyclic) bond motifs is 2. The molecule has 172 valence electrons. The van der Waals surface area contributed by atoms with Crippen LogP contribution < -0.4 is 0 Å². The van der Waals surface area contributed by atoms with Crippen LogP contribution in [0.2, 0.25) is 0 Å². The first-order valence-corrected chi connectivity index (χ1v) is 12.9. The molecular weight excluding hydrogens is 434 g/mol. The van der Waals surface area contributed by atoms with Gasteiger partial charge in [-0.05, 0) is 54.7 Å². The Morgan fingerprint density at radius 3 is 2.59 bits per heavy atom. The number of hydrogen-bond donors (Lipinski definition) is 0. The van der Waals surface area contributed by atoms with E-state index in [2.05, 4.69) is 92.9 Å². The van der Waals surface area contributed by atoms with Gasteiger partial charge in [0.1, 0.15) is 11.1 Å². The van der Waals surface area contributed by atoms with Gasteiger partial charge in [0, 0.05) is 39.8 Å². The summed E-state index contributed by atoms with van der Waals surface area (Å²) in [7, 11) is 0. The maximum Gasteiger partial charge on any atom is 0.134 e. The third-order valence-corrected chi connectivity index (χ3v) is 8.52. The zero-order valence-electron chi connectivity index (χ0n) is 20.4. The number of aromatic nitrogens is 1. The van der Waals surface area contributed by atoms with Gasteiger partial charge in [-0.25, -0.2) is 4.99 Å². The molecule has 0 unspecified atom stereocenters. The number of hydrogen-bond acceptors (Lipinski definition) is 3. The van der Waals surface area contributed by atoms with Gasteiger partial charge in [0.25, 0.3) is 0 Å². The molecule has 1 atom stereocenters. The van der Waals surface area contributed by atoms with E-state index in [1.807, 2.05) is 6.21 Å². The van der Waals surface area contributed by atoms with Gasteiger partial charge >= 0.3 is 0 Å². The maximum atomic E-state index is 9.96. The fraction of sp³-hybridized carbons (Fsp3) is 0.333. The Morgan fingerprint density at radius 2 is 1.85 bits per heavy atom. The van der Waals surface area contributed by atoms with Gasteiger partial charge < -0.3 is 4.57 Å². The molecule has 2 aromatic carbocycles. The molecule has 5 rings (SSSR count). The topological polar surface area (TPSA) is 41.1 Å². The number of benzene rings is 2. The van der Waals surface area contributed by atoms with Gasteiger partial charge in [-0.1, -0.05) is 69.3 Å². The zero-order chi connectivity index (χ0) is 23.9. The number of thiophene rings is 1. The highest BCUT2D eigenvalue weighted by Gasteiger charge is 2.32. The molecule has 0 saturated carbocycles. The molecule has 0 saturated heterocycles. The highest BCUT2D eigenvalue weighted by atomic mass is 32.1. The van der Waals surface area contributed by atoms with Gasteiger partial charge in [-0.15, -0.1) is 11.3 Å². The molecule has 0 radical (unpaired) electrons. The summed E-state index contributed by atoms with van der Waals surface area (Å²) in [5.74, 6) is 0.653. The second-order valence-electron chi connectivity index (χ2n) is 10.4. The Balaban J connectivity index is 1.53. The zero-order valence-corrected chi connectivity index (χ0v) is 21.2. The highest BCUT2D eigenvalue weighted by Crippen LogP contribution is 2.45. The second kappa shape index (κ2) is 8.89. The quantitative estimate of drug-likeness (QED) is 0.283. The number of rotatable bonds is 4. The molecule has 0 N–H and O–H groups in total. The maximum absolute atomic E-state index is 9.96. The lowest BCUT2D eigenvalue weighted by molar-refractivity contribution is 0.218. The summed E-state index contributed by atoms with van der Waals surface area (Å²) in [4.78, 5) is 6.29. The number of para-hydroxylation sites is 1. The SMILES string of the molecule is Cc1c(C=Nc2sc3c(c2C#N)CC[C@@H](C(C)(C)C)C3)c2ccccc2n1Cc1ccccc1. The van der Waals surface area contributed by atoms with Gasteiger partial charge in [0.2, 0.25) is 0 Å². The van der Waals surface area contributed by atoms with Crippen LogP contribution in [-0.4, -0.2) is 10.8 Å². The van der Waals surface area contributed by atoms with Gasteiger partial charge in [-0.3, -0.25) is 0 Å². The van der Waals surface area contributed by atoms with Crippen LogP contribution >= 0.6 is 11.3 Å². The number of nitrogens with zero attached hydrogens (tertiary/aromatic N) is 3. The fourth-order valence-corrected chi connectivity index (χ4v) is 6.45. The van der Waals surface area contributed by atoms with E-state index in [1.165, 1.54) is 32.6 Å². The normalized spacial score (nSPS) is 16.1. The molecule has 2 aromatic heterocycles. The van der Waals surface area contributed by atoms with E-state index in [9.17, 15) is 5.26 Å². The summed E-state index contributed by atoms with van der Waals surface area (Å²) in [6.45, 7) is 9.98. The van der Waals surface area contributed by atoms with Crippen molar-refractivity contribution in [3.8, 4) is 6.07 Å². The third kappa shape index (κ3) is 4.10. The molecule has 4 aromatic rings. The fourth-order valence-electron chi connectivity index (χ4n) is 5.23. The number of aliphatic imine (C=N–C) groups is 1. The first-order chi connectivity index (χ1) is 16.4. The minimum Gasteiger partial charge on any atom is -0.340 e. The monoisotopic (exact) mass is 465 g/mol. The van der Waals surface area contributed by atoms with Crippen LogP contribution in [0.1, 0.15) is 60.0 Å². The average Bonchev–Trinajstić information content (AvgIpc) is 3.31. The van der Waals surface area contributed by atoms with Gasteiger partial charge in [-0.2, -0.15) is 5.26 Å². The predicted molar refractivity (Wildman–Crippen MR) is 143 cm³/mol.